The number of nitrogens with zero attached hydrogens (tertiary/aromatic N) is 1. The lowest BCUT2D eigenvalue weighted by Gasteiger charge is -2.21. The number of nitrogens with one attached hydrogen (secondary N) is 1. The third-order valence-corrected chi connectivity index (χ3v) is 6.20. The number of methoxy groups -OCH3 is 1. The number of rotatable bonds is 7. The van der Waals surface area contributed by atoms with Gasteiger partial charge in [-0.25, -0.2) is 9.78 Å². The van der Waals surface area contributed by atoms with Gasteiger partial charge in [-0.3, -0.25) is 0 Å². The van der Waals surface area contributed by atoms with Gasteiger partial charge >= 0.3 is 6.16 Å². The lowest BCUT2D eigenvalue weighted by molar-refractivity contribution is 0.0400. The summed E-state index contributed by atoms with van der Waals surface area (Å²) in [4.78, 5) is 20.3. The fourth-order valence-electron chi connectivity index (χ4n) is 4.54. The second-order valence-corrected chi connectivity index (χ2v) is 8.60. The Balaban J connectivity index is 1.44. The van der Waals surface area contributed by atoms with E-state index in [9.17, 15) is 4.79 Å². The first-order chi connectivity index (χ1) is 16.7. The molecule has 0 radical (unpaired) electrons. The van der Waals surface area contributed by atoms with Gasteiger partial charge in [0.1, 0.15) is 18.5 Å². The second-order valence-electron chi connectivity index (χ2n) is 8.60. The molecule has 7 heteroatoms. The Hall–Kier alpha value is -3.58. The predicted molar refractivity (Wildman–Crippen MR) is 129 cm³/mol. The maximum Gasteiger partial charge on any atom is 0.515 e. The Morgan fingerprint density at radius 2 is 1.85 bits per heavy atom. The topological polar surface area (TPSA) is 82.7 Å². The minimum absolute atomic E-state index is 0.0896. The summed E-state index contributed by atoms with van der Waals surface area (Å²) in [6, 6.07) is 15.9. The summed E-state index contributed by atoms with van der Waals surface area (Å²) in [6.07, 6.45) is 5.94. The van der Waals surface area contributed by atoms with Gasteiger partial charge in [0.2, 0.25) is 5.88 Å². The van der Waals surface area contributed by atoms with E-state index in [1.165, 1.54) is 6.42 Å². The van der Waals surface area contributed by atoms with Gasteiger partial charge in [0.25, 0.3) is 0 Å². The zero-order valence-electron chi connectivity index (χ0n) is 19.2. The number of pyridine rings is 1. The van der Waals surface area contributed by atoms with Gasteiger partial charge in [-0.1, -0.05) is 36.8 Å². The summed E-state index contributed by atoms with van der Waals surface area (Å²) in [5, 5.41) is 1.83. The summed E-state index contributed by atoms with van der Waals surface area (Å²) < 4.78 is 22.6. The van der Waals surface area contributed by atoms with Crippen LogP contribution in [0.5, 0.6) is 11.6 Å². The van der Waals surface area contributed by atoms with Gasteiger partial charge in [0, 0.05) is 23.4 Å². The number of carbonyl (C=O) groups excluding carboxylic acids is 1. The molecule has 1 aliphatic carbocycles. The van der Waals surface area contributed by atoms with Crippen molar-refractivity contribution in [3.63, 3.8) is 0 Å². The Labute approximate surface area is 198 Å². The van der Waals surface area contributed by atoms with Crippen LogP contribution in [0.4, 0.5) is 4.79 Å². The number of ether oxygens (including phenoxy) is 4. The van der Waals surface area contributed by atoms with Crippen LogP contribution in [0.25, 0.3) is 21.8 Å². The molecule has 0 atom stereocenters. The van der Waals surface area contributed by atoms with Crippen molar-refractivity contribution >= 4 is 28.0 Å². The lowest BCUT2D eigenvalue weighted by atomic mass is 9.98. The molecule has 5 rings (SSSR count). The molecule has 1 saturated carbocycles. The molecule has 176 valence electrons. The molecule has 34 heavy (non-hydrogen) atoms. The summed E-state index contributed by atoms with van der Waals surface area (Å²) in [5.74, 6) is 0.947. The molecular weight excluding hydrogens is 432 g/mol. The number of carbonyl (C=O) groups is 1. The highest BCUT2D eigenvalue weighted by atomic mass is 16.7. The number of aromatic nitrogens is 2. The number of hydrogen-bond donors (Lipinski definition) is 1. The van der Waals surface area contributed by atoms with Crippen molar-refractivity contribution in [1.29, 1.82) is 0 Å². The SMILES string of the molecule is COCc1c(OC(=O)OC2CCCCC2)ncc2[nH]c3ccc(OCc4ccccc4)cc3c12. The van der Waals surface area contributed by atoms with E-state index in [-0.39, 0.29) is 18.6 Å². The molecule has 1 N–H and O–H groups in total. The molecule has 2 aromatic heterocycles. The molecule has 7 nitrogen and oxygen atoms in total. The van der Waals surface area contributed by atoms with E-state index in [1.807, 2.05) is 48.5 Å². The van der Waals surface area contributed by atoms with Gasteiger partial charge in [0.05, 0.1) is 23.9 Å². The van der Waals surface area contributed by atoms with Crippen LogP contribution in [0.3, 0.4) is 0 Å². The highest BCUT2D eigenvalue weighted by Gasteiger charge is 2.22. The van der Waals surface area contributed by atoms with E-state index in [1.54, 1.807) is 13.3 Å². The molecule has 1 aliphatic rings. The fourth-order valence-corrected chi connectivity index (χ4v) is 4.54. The first kappa shape index (κ1) is 22.2. The minimum atomic E-state index is -0.720. The van der Waals surface area contributed by atoms with Crippen molar-refractivity contribution < 1.29 is 23.7 Å². The molecule has 1 fully saturated rings. The fraction of sp³-hybridized carbons (Fsp3) is 0.333. The summed E-state index contributed by atoms with van der Waals surface area (Å²) >= 11 is 0. The standard InChI is InChI=1S/C27H28N2O5/c1-31-17-22-25-21-14-20(32-16-18-8-4-2-5-9-18)12-13-23(21)29-24(25)15-28-26(22)34-27(30)33-19-10-6-3-7-11-19/h2,4-5,8-9,12-15,19,29H,3,6-7,10-11,16-17H2,1H3. The van der Waals surface area contributed by atoms with Crippen LogP contribution < -0.4 is 9.47 Å². The van der Waals surface area contributed by atoms with Gasteiger partial charge in [-0.15, -0.1) is 0 Å². The average molecular weight is 461 g/mol. The van der Waals surface area contributed by atoms with Crippen molar-refractivity contribution in [1.82, 2.24) is 9.97 Å². The molecule has 0 unspecified atom stereocenters. The Bertz CT molecular complexity index is 1280. The van der Waals surface area contributed by atoms with Crippen LogP contribution >= 0.6 is 0 Å². The van der Waals surface area contributed by atoms with Crippen LogP contribution in [0.15, 0.2) is 54.7 Å². The zero-order valence-corrected chi connectivity index (χ0v) is 19.2. The van der Waals surface area contributed by atoms with Crippen molar-refractivity contribution in [2.45, 2.75) is 51.4 Å². The molecule has 0 amide bonds. The smallest absolute Gasteiger partial charge is 0.489 e. The monoisotopic (exact) mass is 460 g/mol. The van der Waals surface area contributed by atoms with Crippen molar-refractivity contribution in [3.8, 4) is 11.6 Å². The van der Waals surface area contributed by atoms with Crippen LogP contribution in [-0.4, -0.2) is 29.3 Å². The lowest BCUT2D eigenvalue weighted by Crippen LogP contribution is -2.23. The maximum absolute atomic E-state index is 12.5. The van der Waals surface area contributed by atoms with Crippen LogP contribution in [0.1, 0.15) is 43.2 Å². The number of aromatic amines is 1. The Morgan fingerprint density at radius 1 is 1.03 bits per heavy atom. The van der Waals surface area contributed by atoms with Crippen molar-refractivity contribution in [2.24, 2.45) is 0 Å². The molecule has 0 saturated heterocycles. The average Bonchev–Trinajstić information content (AvgIpc) is 3.23. The van der Waals surface area contributed by atoms with Crippen LogP contribution in [0.2, 0.25) is 0 Å². The molecule has 0 bridgehead atoms. The Morgan fingerprint density at radius 3 is 2.65 bits per heavy atom. The third kappa shape index (κ3) is 4.84. The first-order valence-corrected chi connectivity index (χ1v) is 11.7. The molecule has 0 aliphatic heterocycles. The highest BCUT2D eigenvalue weighted by molar-refractivity contribution is 6.09. The largest absolute Gasteiger partial charge is 0.515 e. The molecule has 2 heterocycles. The van der Waals surface area contributed by atoms with E-state index < -0.39 is 6.16 Å². The van der Waals surface area contributed by atoms with Crippen LogP contribution in [0, 0.1) is 0 Å². The summed E-state index contributed by atoms with van der Waals surface area (Å²) in [6.45, 7) is 0.709. The first-order valence-electron chi connectivity index (χ1n) is 11.7. The van der Waals surface area contributed by atoms with Gasteiger partial charge in [-0.05, 0) is 49.4 Å². The van der Waals surface area contributed by atoms with E-state index in [4.69, 9.17) is 18.9 Å². The van der Waals surface area contributed by atoms with E-state index in [0.717, 1.165) is 58.8 Å². The van der Waals surface area contributed by atoms with Gasteiger partial charge < -0.3 is 23.9 Å². The van der Waals surface area contributed by atoms with E-state index >= 15 is 0 Å². The summed E-state index contributed by atoms with van der Waals surface area (Å²) in [5.41, 5.74) is 3.54. The van der Waals surface area contributed by atoms with Crippen molar-refractivity contribution in [2.75, 3.05) is 7.11 Å². The van der Waals surface area contributed by atoms with Crippen LogP contribution in [-0.2, 0) is 22.7 Å². The quantitative estimate of drug-likeness (QED) is 0.326. The number of fused-ring (bicyclic) bond motifs is 3. The normalized spacial score (nSPS) is 14.4. The molecule has 2 aromatic carbocycles. The Kier molecular flexibility index (Phi) is 6.62. The van der Waals surface area contributed by atoms with Gasteiger partial charge in [-0.2, -0.15) is 0 Å². The van der Waals surface area contributed by atoms with Crippen molar-refractivity contribution in [3.05, 3.63) is 65.9 Å². The maximum atomic E-state index is 12.5. The predicted octanol–water partition coefficient (Wildman–Crippen LogP) is 6.29. The molecule has 0 spiro atoms. The number of benzene rings is 2. The number of hydrogen-bond acceptors (Lipinski definition) is 6. The number of H-pyrrole nitrogens is 1. The highest BCUT2D eigenvalue weighted by Crippen LogP contribution is 2.35. The molecule has 4 aromatic rings. The van der Waals surface area contributed by atoms with Gasteiger partial charge in [0.15, 0.2) is 0 Å². The van der Waals surface area contributed by atoms with E-state index in [2.05, 4.69) is 9.97 Å². The second kappa shape index (κ2) is 10.1. The van der Waals surface area contributed by atoms with E-state index in [0.29, 0.717) is 12.2 Å². The zero-order chi connectivity index (χ0) is 23.3. The third-order valence-electron chi connectivity index (χ3n) is 6.20. The summed E-state index contributed by atoms with van der Waals surface area (Å²) in [7, 11) is 1.60. The minimum Gasteiger partial charge on any atom is -0.489 e. The molecular formula is C27H28N2O5.